The topological polar surface area (TPSA) is 102 Å². The molecule has 0 radical (unpaired) electrons. The van der Waals surface area contributed by atoms with Crippen molar-refractivity contribution in [2.24, 2.45) is 0 Å². The highest BCUT2D eigenvalue weighted by Crippen LogP contribution is 2.30. The van der Waals surface area contributed by atoms with Gasteiger partial charge in [0.1, 0.15) is 0 Å². The van der Waals surface area contributed by atoms with E-state index >= 15 is 0 Å². The van der Waals surface area contributed by atoms with Gasteiger partial charge in [0.2, 0.25) is 0 Å². The lowest BCUT2D eigenvalue weighted by molar-refractivity contribution is 0.571. The van der Waals surface area contributed by atoms with Crippen molar-refractivity contribution in [3.05, 3.63) is 3.91 Å². The van der Waals surface area contributed by atoms with Crippen LogP contribution in [-0.2, 0) is 29.5 Å². The minimum absolute atomic E-state index is 0.286. The van der Waals surface area contributed by atoms with Gasteiger partial charge < -0.3 is 0 Å². The van der Waals surface area contributed by atoms with Crippen LogP contribution in [0.5, 0.6) is 0 Å². The first-order chi connectivity index (χ1) is 16.0. The van der Waals surface area contributed by atoms with Crippen LogP contribution < -0.4 is 0 Å². The zero-order valence-corrected chi connectivity index (χ0v) is 24.5. The Bertz CT molecular complexity index is 692. The molecule has 34 heavy (non-hydrogen) atoms. The quantitative estimate of drug-likeness (QED) is 0.0984. The van der Waals surface area contributed by atoms with E-state index in [0.29, 0.717) is 19.3 Å². The monoisotopic (exact) mass is 543 g/mol. The van der Waals surface area contributed by atoms with Crippen LogP contribution in [-0.4, -0.2) is 42.5 Å². The van der Waals surface area contributed by atoms with Crippen molar-refractivity contribution in [2.45, 2.75) is 136 Å². The summed E-state index contributed by atoms with van der Waals surface area (Å²) in [5.74, 6) is -1.25. The van der Waals surface area contributed by atoms with Crippen molar-refractivity contribution in [1.82, 2.24) is 0 Å². The van der Waals surface area contributed by atoms with Gasteiger partial charge in [-0.15, -0.1) is 0 Å². The summed E-state index contributed by atoms with van der Waals surface area (Å²) in [6, 6.07) is 0. The average Bonchev–Trinajstić information content (AvgIpc) is 2.74. The molecule has 0 aromatic carbocycles. The van der Waals surface area contributed by atoms with Gasteiger partial charge in [-0.2, -0.15) is 0 Å². The predicted octanol–water partition coefficient (Wildman–Crippen LogP) is 6.76. The Labute approximate surface area is 211 Å². The second-order valence-corrected chi connectivity index (χ2v) is 16.4. The van der Waals surface area contributed by atoms with Gasteiger partial charge in [-0.3, -0.25) is 25.3 Å². The van der Waals surface area contributed by atoms with Crippen molar-refractivity contribution >= 4 is 29.5 Å². The molecule has 9 heteroatoms. The molecule has 0 bridgehead atoms. The lowest BCUT2D eigenvalue weighted by atomic mass is 10.1. The summed E-state index contributed by atoms with van der Waals surface area (Å²) >= 11 is 0. The zero-order valence-electron chi connectivity index (χ0n) is 22.0. The smallest absolute Gasteiger partial charge is 0.0545 e. The molecule has 0 saturated heterocycles. The van der Waals surface area contributed by atoms with Crippen molar-refractivity contribution in [1.29, 1.82) is 0 Å². The van der Waals surface area contributed by atoms with Crippen LogP contribution in [0.4, 0.5) is 0 Å². The first-order valence-corrected chi connectivity index (χ1v) is 18.6. The second-order valence-electron chi connectivity index (χ2n) is 9.51. The van der Waals surface area contributed by atoms with Crippen molar-refractivity contribution in [2.75, 3.05) is 17.3 Å². The van der Waals surface area contributed by atoms with E-state index in [2.05, 4.69) is 20.8 Å². The Morgan fingerprint density at radius 3 is 0.794 bits per heavy atom. The van der Waals surface area contributed by atoms with Crippen LogP contribution in [0.15, 0.2) is 0 Å². The summed E-state index contributed by atoms with van der Waals surface area (Å²) < 4.78 is 77.2. The number of rotatable bonds is 24. The van der Waals surface area contributed by atoms with Crippen molar-refractivity contribution in [3.63, 3.8) is 0 Å². The third-order valence-corrected chi connectivity index (χ3v) is 14.6. The molecule has 0 aromatic rings. The number of unbranched alkanes of at least 4 members (excludes halogenated alkanes) is 15. The summed E-state index contributed by atoms with van der Waals surface area (Å²) in [6.45, 7) is 6.28. The lowest BCUT2D eigenvalue weighted by Crippen LogP contribution is -2.34. The fraction of sp³-hybridized carbons (Fsp3) is 0.960. The summed E-state index contributed by atoms with van der Waals surface area (Å²) in [7, 11) is -13.2. The third kappa shape index (κ3) is 15.1. The van der Waals surface area contributed by atoms with E-state index in [-0.39, 0.29) is 19.3 Å². The molecule has 0 aliphatic heterocycles. The van der Waals surface area contributed by atoms with E-state index in [9.17, 15) is 25.3 Å². The Morgan fingerprint density at radius 2 is 0.559 bits per heavy atom. The van der Waals surface area contributed by atoms with Crippen molar-refractivity contribution in [3.8, 4) is 0 Å². The predicted molar refractivity (Wildman–Crippen MR) is 145 cm³/mol. The van der Waals surface area contributed by atoms with Gasteiger partial charge in [0, 0.05) is 21.2 Å². The highest BCUT2D eigenvalue weighted by Gasteiger charge is 2.34. The van der Waals surface area contributed by atoms with E-state index in [1.54, 1.807) is 0 Å². The summed E-state index contributed by atoms with van der Waals surface area (Å²) in [5, 5.41) is 0. The van der Waals surface area contributed by atoms with E-state index in [4.69, 9.17) is 0 Å². The number of hydrogen-bond acceptors (Lipinski definition) is 6. The molecule has 0 atom stereocenters. The minimum atomic E-state index is -4.39. The first kappa shape index (κ1) is 33.8. The van der Waals surface area contributed by atoms with Crippen LogP contribution in [0.1, 0.15) is 136 Å². The second kappa shape index (κ2) is 19.0. The number of sulfone groups is 3. The van der Waals surface area contributed by atoms with Gasteiger partial charge >= 0.3 is 0 Å². The summed E-state index contributed by atoms with van der Waals surface area (Å²) in [5.41, 5.74) is 0. The molecule has 0 spiro atoms. The van der Waals surface area contributed by atoms with Crippen LogP contribution >= 0.6 is 0 Å². The van der Waals surface area contributed by atoms with Gasteiger partial charge in [0.15, 0.2) is 0 Å². The maximum atomic E-state index is 13.1. The maximum Gasteiger partial charge on any atom is 0.0545 e. The van der Waals surface area contributed by atoms with Crippen LogP contribution in [0.3, 0.4) is 0 Å². The van der Waals surface area contributed by atoms with Gasteiger partial charge in [-0.1, -0.05) is 117 Å². The lowest BCUT2D eigenvalue weighted by Gasteiger charge is -2.30. The highest BCUT2D eigenvalue weighted by atomic mass is 32.3. The van der Waals surface area contributed by atoms with E-state index in [1.165, 1.54) is 0 Å². The Kier molecular flexibility index (Phi) is 18.9. The molecule has 0 aromatic heterocycles. The van der Waals surface area contributed by atoms with Gasteiger partial charge in [-0.25, -0.2) is 0 Å². The van der Waals surface area contributed by atoms with E-state index in [0.717, 1.165) is 77.0 Å². The van der Waals surface area contributed by atoms with Gasteiger partial charge in [0.25, 0.3) is 0 Å². The normalized spacial score (nSPS) is 13.1. The maximum absolute atomic E-state index is 13.1. The SMILES string of the molecule is CCCCCCCCS(=O)(=O)[C-](S(=O)(=O)CCCCCCCC)S(=O)(=O)CCCCCCCC. The molecule has 0 unspecified atom stereocenters. The highest BCUT2D eigenvalue weighted by molar-refractivity contribution is 8.28. The fourth-order valence-electron chi connectivity index (χ4n) is 4.05. The Hall–Kier alpha value is -0.150. The Morgan fingerprint density at radius 1 is 0.353 bits per heavy atom. The molecule has 206 valence electrons. The van der Waals surface area contributed by atoms with Gasteiger partial charge in [-0.05, 0) is 19.3 Å². The molecule has 0 rings (SSSR count). The molecular formula is C25H51O6S3-. The first-order valence-electron chi connectivity index (χ1n) is 13.6. The molecule has 0 fully saturated rings. The van der Waals surface area contributed by atoms with Crippen molar-refractivity contribution < 1.29 is 25.3 Å². The molecule has 0 amide bonds. The van der Waals surface area contributed by atoms with E-state index < -0.39 is 50.7 Å². The fourth-order valence-corrected chi connectivity index (χ4v) is 12.4. The summed E-state index contributed by atoms with van der Waals surface area (Å²) in [4.78, 5) is 0. The average molecular weight is 544 g/mol. The molecule has 6 nitrogen and oxygen atoms in total. The molecule has 0 N–H and O–H groups in total. The van der Waals surface area contributed by atoms with Crippen LogP contribution in [0, 0.1) is 3.91 Å². The van der Waals surface area contributed by atoms with E-state index in [1.807, 2.05) is 0 Å². The standard InChI is InChI=1S/C25H51O6S3/c1-4-7-10-13-16-19-22-32(26,27)25(33(28,29)23-20-17-14-11-8-5-2)34(30,31)24-21-18-15-12-9-6-3/h4-24H2,1-3H3/q-1. The Balaban J connectivity index is 5.29. The minimum Gasteiger partial charge on any atom is -0.260 e. The molecular weight excluding hydrogens is 492 g/mol. The summed E-state index contributed by atoms with van der Waals surface area (Å²) in [6.07, 6.45) is 14.9. The molecule has 0 saturated carbocycles. The largest absolute Gasteiger partial charge is 0.260 e. The van der Waals surface area contributed by atoms with Crippen LogP contribution in [0.2, 0.25) is 0 Å². The van der Waals surface area contributed by atoms with Crippen LogP contribution in [0.25, 0.3) is 0 Å². The molecule has 0 heterocycles. The zero-order chi connectivity index (χ0) is 25.9. The molecule has 0 aliphatic rings. The van der Waals surface area contributed by atoms with Gasteiger partial charge in [0.05, 0.1) is 29.5 Å². The third-order valence-electron chi connectivity index (χ3n) is 6.06. The number of hydrogen-bond donors (Lipinski definition) is 0. The molecule has 0 aliphatic carbocycles.